The number of fused-ring (bicyclic) bond motifs is 2. The highest BCUT2D eigenvalue weighted by Crippen LogP contribution is 2.53. The lowest BCUT2D eigenvalue weighted by Crippen LogP contribution is -2.20. The van der Waals surface area contributed by atoms with Crippen LogP contribution in [0, 0.1) is 5.92 Å². The van der Waals surface area contributed by atoms with Crippen LogP contribution in [0.5, 0.6) is 0 Å². The highest BCUT2D eigenvalue weighted by molar-refractivity contribution is 8.17. The van der Waals surface area contributed by atoms with E-state index >= 15 is 0 Å². The van der Waals surface area contributed by atoms with E-state index in [4.69, 9.17) is 4.42 Å². The van der Waals surface area contributed by atoms with Gasteiger partial charge < -0.3 is 9.32 Å². The fraction of sp³-hybridized carbons (Fsp3) is 0.353. The maximum Gasteiger partial charge on any atom is 0.168 e. The minimum Gasteiger partial charge on any atom is -0.464 e. The van der Waals surface area contributed by atoms with Gasteiger partial charge in [-0.2, -0.15) is 0 Å². The Balaban J connectivity index is 1.76. The van der Waals surface area contributed by atoms with Gasteiger partial charge in [0.1, 0.15) is 5.58 Å². The number of amidine groups is 1. The van der Waals surface area contributed by atoms with Crippen molar-refractivity contribution < 1.29 is 4.42 Å². The third-order valence-corrected chi connectivity index (χ3v) is 6.48. The van der Waals surface area contributed by atoms with Crippen molar-refractivity contribution in [3.63, 3.8) is 0 Å². The molecule has 2 aliphatic heterocycles. The Kier molecular flexibility index (Phi) is 2.89. The van der Waals surface area contributed by atoms with Crippen LogP contribution < -0.4 is 0 Å². The molecule has 112 valence electrons. The van der Waals surface area contributed by atoms with E-state index in [1.165, 1.54) is 44.5 Å². The Morgan fingerprint density at radius 1 is 1.36 bits per heavy atom. The average Bonchev–Trinajstić information content (AvgIpc) is 2.97. The Morgan fingerprint density at radius 2 is 2.27 bits per heavy atom. The van der Waals surface area contributed by atoms with E-state index in [1.807, 2.05) is 11.8 Å². The van der Waals surface area contributed by atoms with Gasteiger partial charge in [-0.05, 0) is 43.2 Å². The van der Waals surface area contributed by atoms with Gasteiger partial charge in [-0.1, -0.05) is 11.8 Å². The van der Waals surface area contributed by atoms with Gasteiger partial charge in [0, 0.05) is 27.3 Å². The molecule has 22 heavy (non-hydrogen) atoms. The third kappa shape index (κ3) is 1.88. The quantitative estimate of drug-likeness (QED) is 0.767. The van der Waals surface area contributed by atoms with Gasteiger partial charge in [-0.25, -0.2) is 0 Å². The number of thioether (sulfide) groups is 2. The monoisotopic (exact) mass is 328 g/mol. The molecule has 0 spiro atoms. The van der Waals surface area contributed by atoms with Crippen LogP contribution >= 0.6 is 23.5 Å². The van der Waals surface area contributed by atoms with Crippen molar-refractivity contribution in [3.05, 3.63) is 34.9 Å². The van der Waals surface area contributed by atoms with Crippen LogP contribution in [0.4, 0.5) is 0 Å². The second-order valence-electron chi connectivity index (χ2n) is 5.91. The van der Waals surface area contributed by atoms with Crippen LogP contribution in [0.25, 0.3) is 16.7 Å². The fourth-order valence-electron chi connectivity index (χ4n) is 3.26. The van der Waals surface area contributed by atoms with Crippen LogP contribution in [-0.4, -0.2) is 29.4 Å². The molecule has 1 fully saturated rings. The van der Waals surface area contributed by atoms with Crippen LogP contribution in [0.15, 0.2) is 43.7 Å². The second-order valence-corrected chi connectivity index (χ2v) is 7.80. The van der Waals surface area contributed by atoms with Crippen LogP contribution in [0.1, 0.15) is 18.4 Å². The second kappa shape index (κ2) is 4.83. The van der Waals surface area contributed by atoms with Gasteiger partial charge in [0.2, 0.25) is 0 Å². The SMILES string of the molecule is CSc1cc(C2=C(C3CC3)SC3=NCCN32)c2ccoc2c1. The van der Waals surface area contributed by atoms with Gasteiger partial charge in [-0.15, -0.1) is 11.8 Å². The zero-order chi connectivity index (χ0) is 14.7. The van der Waals surface area contributed by atoms with Crippen molar-refractivity contribution in [2.45, 2.75) is 17.7 Å². The summed E-state index contributed by atoms with van der Waals surface area (Å²) in [5.74, 6) is 0.744. The predicted molar refractivity (Wildman–Crippen MR) is 94.2 cm³/mol. The average molecular weight is 328 g/mol. The molecule has 3 heterocycles. The minimum atomic E-state index is 0.744. The van der Waals surface area contributed by atoms with Gasteiger partial charge in [0.05, 0.1) is 18.5 Å². The van der Waals surface area contributed by atoms with Crippen molar-refractivity contribution in [1.82, 2.24) is 4.90 Å². The molecule has 0 atom stereocenters. The van der Waals surface area contributed by atoms with E-state index < -0.39 is 0 Å². The van der Waals surface area contributed by atoms with E-state index in [1.54, 1.807) is 18.0 Å². The van der Waals surface area contributed by atoms with Crippen molar-refractivity contribution in [3.8, 4) is 0 Å². The van der Waals surface area contributed by atoms with E-state index in [0.717, 1.165) is 24.6 Å². The predicted octanol–water partition coefficient (Wildman–Crippen LogP) is 4.65. The van der Waals surface area contributed by atoms with Crippen molar-refractivity contribution >= 4 is 45.4 Å². The van der Waals surface area contributed by atoms with E-state index in [9.17, 15) is 0 Å². The summed E-state index contributed by atoms with van der Waals surface area (Å²) in [4.78, 5) is 9.89. The number of benzene rings is 1. The maximum atomic E-state index is 5.69. The first-order valence-corrected chi connectivity index (χ1v) is 9.69. The van der Waals surface area contributed by atoms with Gasteiger partial charge in [0.15, 0.2) is 5.17 Å². The van der Waals surface area contributed by atoms with E-state index in [2.05, 4.69) is 34.3 Å². The molecule has 0 unspecified atom stereocenters. The number of nitrogens with zero attached hydrogens (tertiary/aromatic N) is 2. The topological polar surface area (TPSA) is 28.7 Å². The highest BCUT2D eigenvalue weighted by atomic mass is 32.2. The molecule has 3 nitrogen and oxygen atoms in total. The minimum absolute atomic E-state index is 0.744. The lowest BCUT2D eigenvalue weighted by molar-refractivity contribution is 0.614. The summed E-state index contributed by atoms with van der Waals surface area (Å²) in [7, 11) is 0. The molecule has 0 amide bonds. The first-order valence-electron chi connectivity index (χ1n) is 7.65. The Bertz CT molecular complexity index is 832. The summed E-state index contributed by atoms with van der Waals surface area (Å²) in [6, 6.07) is 6.56. The number of hydrogen-bond donors (Lipinski definition) is 0. The molecule has 5 heteroatoms. The summed E-state index contributed by atoms with van der Waals surface area (Å²) in [6.07, 6.45) is 6.57. The smallest absolute Gasteiger partial charge is 0.168 e. The molecule has 1 aromatic carbocycles. The van der Waals surface area contributed by atoms with Gasteiger partial charge >= 0.3 is 0 Å². The Morgan fingerprint density at radius 3 is 3.09 bits per heavy atom. The Labute approximate surface area is 137 Å². The van der Waals surface area contributed by atoms with Gasteiger partial charge in [-0.3, -0.25) is 4.99 Å². The lowest BCUT2D eigenvalue weighted by Gasteiger charge is -2.18. The normalized spacial score (nSPS) is 21.0. The largest absolute Gasteiger partial charge is 0.464 e. The number of hydrogen-bond acceptors (Lipinski definition) is 5. The highest BCUT2D eigenvalue weighted by Gasteiger charge is 2.40. The first-order chi connectivity index (χ1) is 10.8. The van der Waals surface area contributed by atoms with E-state index in [-0.39, 0.29) is 0 Å². The standard InChI is InChI=1S/C17H16N2OS2/c1-21-11-8-13(12-4-7-20-14(12)9-11)15-16(10-2-3-10)22-17-18-5-6-19(15)17/h4,7-10H,2-3,5-6H2,1H3. The number of allylic oxidation sites excluding steroid dienone is 1. The zero-order valence-corrected chi connectivity index (χ0v) is 14.0. The molecular weight excluding hydrogens is 312 g/mol. The van der Waals surface area contributed by atoms with Gasteiger partial charge in [0.25, 0.3) is 0 Å². The van der Waals surface area contributed by atoms with Crippen LogP contribution in [-0.2, 0) is 0 Å². The number of aliphatic imine (C=N–C) groups is 1. The van der Waals surface area contributed by atoms with Crippen LogP contribution in [0.2, 0.25) is 0 Å². The molecular formula is C17H16N2OS2. The molecule has 2 aromatic rings. The molecule has 0 radical (unpaired) electrons. The lowest BCUT2D eigenvalue weighted by atomic mass is 10.0. The fourth-order valence-corrected chi connectivity index (χ4v) is 5.09. The molecule has 3 aliphatic rings. The summed E-state index contributed by atoms with van der Waals surface area (Å²) < 4.78 is 5.69. The summed E-state index contributed by atoms with van der Waals surface area (Å²) in [6.45, 7) is 1.93. The summed E-state index contributed by atoms with van der Waals surface area (Å²) in [5, 5.41) is 2.42. The maximum absolute atomic E-state index is 5.69. The third-order valence-electron chi connectivity index (χ3n) is 4.49. The molecule has 1 aliphatic carbocycles. The van der Waals surface area contributed by atoms with Crippen molar-refractivity contribution in [2.75, 3.05) is 19.3 Å². The molecule has 5 rings (SSSR count). The zero-order valence-electron chi connectivity index (χ0n) is 12.3. The molecule has 0 bridgehead atoms. The van der Waals surface area contributed by atoms with E-state index in [0.29, 0.717) is 0 Å². The van der Waals surface area contributed by atoms with Crippen molar-refractivity contribution in [2.24, 2.45) is 10.9 Å². The first kappa shape index (κ1) is 13.1. The molecule has 0 saturated heterocycles. The summed E-state index contributed by atoms with van der Waals surface area (Å²) in [5.41, 5.74) is 3.70. The molecule has 1 aromatic heterocycles. The van der Waals surface area contributed by atoms with Crippen LogP contribution in [0.3, 0.4) is 0 Å². The Hall–Kier alpha value is -1.33. The molecule has 0 N–H and O–H groups in total. The van der Waals surface area contributed by atoms with Crippen molar-refractivity contribution in [1.29, 1.82) is 0 Å². The molecule has 1 saturated carbocycles. The number of furan rings is 1. The summed E-state index contributed by atoms with van der Waals surface area (Å²) >= 11 is 3.67. The number of rotatable bonds is 3.